The Morgan fingerprint density at radius 3 is 1.49 bits per heavy atom. The number of aliphatic carboxylic acids is 1. The molecule has 1 N–H and O–H groups in total. The van der Waals surface area contributed by atoms with Crippen molar-refractivity contribution in [1.82, 2.24) is 0 Å². The van der Waals surface area contributed by atoms with Gasteiger partial charge in [0.2, 0.25) is 0 Å². The van der Waals surface area contributed by atoms with E-state index in [0.717, 1.165) is 103 Å². The molecular formula is C53H84NO7+. The molecular weight excluding hydrogens is 763 g/mol. The number of allylic oxidation sites excluding steroid dienone is 20. The Labute approximate surface area is 371 Å². The van der Waals surface area contributed by atoms with Gasteiger partial charge in [0.1, 0.15) is 6.61 Å². The first-order valence-corrected chi connectivity index (χ1v) is 23.1. The Morgan fingerprint density at radius 1 is 0.508 bits per heavy atom. The monoisotopic (exact) mass is 847 g/mol. The molecule has 0 aromatic rings. The summed E-state index contributed by atoms with van der Waals surface area (Å²) >= 11 is 0. The fourth-order valence-corrected chi connectivity index (χ4v) is 5.93. The van der Waals surface area contributed by atoms with Gasteiger partial charge in [-0.1, -0.05) is 161 Å². The van der Waals surface area contributed by atoms with Crippen molar-refractivity contribution < 1.29 is 38.2 Å². The fourth-order valence-electron chi connectivity index (χ4n) is 5.93. The highest BCUT2D eigenvalue weighted by molar-refractivity contribution is 5.72. The van der Waals surface area contributed by atoms with Gasteiger partial charge in [0.05, 0.1) is 34.4 Å². The standard InChI is InChI=1S/C53H83NO7/c1-6-8-10-12-14-16-18-20-22-23-24-25-26-27-28-30-32-34-36-38-40-42-44-52(56)61-49(47-59-46-45-50(53(57)58)54(3,4)5)48-60-51(55)43-41-39-37-35-33-31-29-21-19-17-15-13-11-9-7-2/h8-11,13-17,19-22,24-25,27-29,32,34,49-50H,6-7,12,18,23,26,30-31,33,35-48H2,1-5H3/p+1/b10-8+,11-9+,15-13+,16-14+,19-17+,22-20+,25-24+,28-27+,29-21+,34-32+. The molecule has 0 radical (unpaired) electrons. The summed E-state index contributed by atoms with van der Waals surface area (Å²) in [6.07, 6.45) is 59.6. The maximum atomic E-state index is 12.8. The molecule has 2 unspecified atom stereocenters. The molecule has 0 saturated carbocycles. The van der Waals surface area contributed by atoms with Crippen LogP contribution in [0.4, 0.5) is 0 Å². The molecule has 0 heterocycles. The van der Waals surface area contributed by atoms with E-state index in [-0.39, 0.29) is 42.7 Å². The van der Waals surface area contributed by atoms with Crippen LogP contribution in [0.15, 0.2) is 122 Å². The van der Waals surface area contributed by atoms with E-state index in [9.17, 15) is 19.5 Å². The van der Waals surface area contributed by atoms with Crippen LogP contribution in [0, 0.1) is 0 Å². The first kappa shape index (κ1) is 56.7. The van der Waals surface area contributed by atoms with Gasteiger partial charge in [0, 0.05) is 19.3 Å². The summed E-state index contributed by atoms with van der Waals surface area (Å²) in [5.41, 5.74) is 0. The highest BCUT2D eigenvalue weighted by Crippen LogP contribution is 2.12. The van der Waals surface area contributed by atoms with E-state index < -0.39 is 18.1 Å². The lowest BCUT2D eigenvalue weighted by atomic mass is 10.1. The Balaban J connectivity index is 4.45. The topological polar surface area (TPSA) is 99.1 Å². The van der Waals surface area contributed by atoms with Gasteiger partial charge in [-0.25, -0.2) is 4.79 Å². The number of nitrogens with zero attached hydrogens (tertiary/aromatic N) is 1. The third-order valence-corrected chi connectivity index (χ3v) is 9.45. The van der Waals surface area contributed by atoms with Crippen LogP contribution in [0.3, 0.4) is 0 Å². The smallest absolute Gasteiger partial charge is 0.362 e. The van der Waals surface area contributed by atoms with Crippen molar-refractivity contribution in [3.05, 3.63) is 122 Å². The predicted molar refractivity (Wildman–Crippen MR) is 256 cm³/mol. The predicted octanol–water partition coefficient (Wildman–Crippen LogP) is 13.0. The van der Waals surface area contributed by atoms with Crippen molar-refractivity contribution in [3.63, 3.8) is 0 Å². The number of hydrogen-bond acceptors (Lipinski definition) is 6. The van der Waals surface area contributed by atoms with Crippen LogP contribution in [-0.2, 0) is 28.6 Å². The molecule has 342 valence electrons. The fraction of sp³-hybridized carbons (Fsp3) is 0.566. The van der Waals surface area contributed by atoms with Crippen molar-refractivity contribution >= 4 is 17.9 Å². The minimum absolute atomic E-state index is 0.0302. The van der Waals surface area contributed by atoms with E-state index in [4.69, 9.17) is 14.2 Å². The molecule has 2 atom stereocenters. The second-order valence-corrected chi connectivity index (χ2v) is 16.0. The van der Waals surface area contributed by atoms with Gasteiger partial charge in [-0.2, -0.15) is 0 Å². The summed E-state index contributed by atoms with van der Waals surface area (Å²) in [7, 11) is 5.49. The number of carboxylic acid groups (broad SMARTS) is 1. The number of carboxylic acids is 1. The quantitative estimate of drug-likeness (QED) is 0.0216. The maximum absolute atomic E-state index is 12.8. The molecule has 0 bridgehead atoms. The number of rotatable bonds is 39. The normalized spacial score (nSPS) is 14.0. The van der Waals surface area contributed by atoms with E-state index in [1.807, 2.05) is 51.5 Å². The summed E-state index contributed by atoms with van der Waals surface area (Å²) < 4.78 is 17.2. The van der Waals surface area contributed by atoms with Crippen LogP contribution in [0.25, 0.3) is 0 Å². The van der Waals surface area contributed by atoms with Gasteiger partial charge in [-0.15, -0.1) is 0 Å². The van der Waals surface area contributed by atoms with E-state index in [0.29, 0.717) is 19.3 Å². The summed E-state index contributed by atoms with van der Waals surface area (Å²) in [5, 5.41) is 9.63. The van der Waals surface area contributed by atoms with E-state index in [1.54, 1.807) is 0 Å². The summed E-state index contributed by atoms with van der Waals surface area (Å²) in [4.78, 5) is 37.0. The van der Waals surface area contributed by atoms with Crippen molar-refractivity contribution in [3.8, 4) is 0 Å². The second-order valence-electron chi connectivity index (χ2n) is 16.0. The van der Waals surface area contributed by atoms with Gasteiger partial charge in [-0.3, -0.25) is 9.59 Å². The molecule has 8 nitrogen and oxygen atoms in total. The highest BCUT2D eigenvalue weighted by atomic mass is 16.6. The van der Waals surface area contributed by atoms with Gasteiger partial charge in [0.25, 0.3) is 0 Å². The zero-order valence-electron chi connectivity index (χ0n) is 38.8. The second kappa shape index (κ2) is 42.4. The van der Waals surface area contributed by atoms with Gasteiger partial charge >= 0.3 is 17.9 Å². The maximum Gasteiger partial charge on any atom is 0.362 e. The van der Waals surface area contributed by atoms with Crippen LogP contribution < -0.4 is 0 Å². The van der Waals surface area contributed by atoms with Crippen LogP contribution in [0.5, 0.6) is 0 Å². The van der Waals surface area contributed by atoms with E-state index >= 15 is 0 Å². The molecule has 0 saturated heterocycles. The van der Waals surface area contributed by atoms with Crippen LogP contribution >= 0.6 is 0 Å². The number of likely N-dealkylation sites (N-methyl/N-ethyl adjacent to an activating group) is 1. The number of unbranched alkanes of at least 4 members (excludes halogenated alkanes) is 8. The van der Waals surface area contributed by atoms with E-state index in [2.05, 4.69) is 105 Å². The lowest BCUT2D eigenvalue weighted by molar-refractivity contribution is -0.887. The molecule has 0 aliphatic carbocycles. The number of ether oxygens (including phenoxy) is 3. The molecule has 0 aromatic heterocycles. The molecule has 0 amide bonds. The van der Waals surface area contributed by atoms with Gasteiger partial charge in [0.15, 0.2) is 12.1 Å². The minimum Gasteiger partial charge on any atom is -0.477 e. The zero-order valence-corrected chi connectivity index (χ0v) is 38.8. The highest BCUT2D eigenvalue weighted by Gasteiger charge is 2.31. The van der Waals surface area contributed by atoms with Gasteiger partial charge in [-0.05, 0) is 83.5 Å². The molecule has 0 aromatic carbocycles. The first-order valence-electron chi connectivity index (χ1n) is 23.1. The van der Waals surface area contributed by atoms with Gasteiger partial charge < -0.3 is 23.8 Å². The molecule has 0 fully saturated rings. The summed E-state index contributed by atoms with van der Waals surface area (Å²) in [6, 6.07) is -0.633. The lowest BCUT2D eigenvalue weighted by Gasteiger charge is -2.31. The number of esters is 2. The van der Waals surface area contributed by atoms with Crippen molar-refractivity contribution in [2.45, 2.75) is 154 Å². The number of hydrogen-bond donors (Lipinski definition) is 1. The van der Waals surface area contributed by atoms with Crippen molar-refractivity contribution in [2.75, 3.05) is 41.0 Å². The summed E-state index contributed by atoms with van der Waals surface area (Å²) in [5.74, 6) is -1.56. The molecule has 0 aliphatic heterocycles. The third kappa shape index (κ3) is 40.9. The Kier molecular flexibility index (Phi) is 39.5. The lowest BCUT2D eigenvalue weighted by Crippen LogP contribution is -2.50. The molecule has 0 rings (SSSR count). The zero-order chi connectivity index (χ0) is 44.9. The molecule has 8 heteroatoms. The first-order chi connectivity index (χ1) is 29.6. The Bertz CT molecular complexity index is 1400. The van der Waals surface area contributed by atoms with Crippen LogP contribution in [0.2, 0.25) is 0 Å². The number of quaternary nitrogens is 1. The van der Waals surface area contributed by atoms with Crippen LogP contribution in [-0.4, -0.2) is 80.6 Å². The van der Waals surface area contributed by atoms with Crippen molar-refractivity contribution in [1.29, 1.82) is 0 Å². The number of carbonyl (C=O) groups excluding carboxylic acids is 2. The Hall–Kier alpha value is -4.27. The average Bonchev–Trinajstić information content (AvgIpc) is 3.22. The molecule has 0 aliphatic rings. The largest absolute Gasteiger partial charge is 0.477 e. The average molecular weight is 847 g/mol. The molecule has 0 spiro atoms. The van der Waals surface area contributed by atoms with E-state index in [1.165, 1.54) is 0 Å². The third-order valence-electron chi connectivity index (χ3n) is 9.45. The SMILES string of the molecule is CC/C=C/C=C/C=C/C=C/CCCCCCCC(=O)OCC(COCCC(C(=O)O)[N+](C)(C)C)OC(=O)CCCCC/C=C/C/C=C/C/C=C/C/C=C/C/C=C/C/C=C/CC. The Morgan fingerprint density at radius 2 is 0.951 bits per heavy atom. The summed E-state index contributed by atoms with van der Waals surface area (Å²) in [6.45, 7) is 4.39. The molecule has 61 heavy (non-hydrogen) atoms. The van der Waals surface area contributed by atoms with Crippen molar-refractivity contribution in [2.24, 2.45) is 0 Å². The minimum atomic E-state index is -0.891. The number of carbonyl (C=O) groups is 3. The van der Waals surface area contributed by atoms with Crippen LogP contribution in [0.1, 0.15) is 142 Å².